The molecule has 126 valence electrons. The van der Waals surface area contributed by atoms with Crippen LogP contribution >= 0.6 is 23.2 Å². The first-order chi connectivity index (χ1) is 11.1. The molecule has 2 aliphatic rings. The van der Waals surface area contributed by atoms with Gasteiger partial charge in [0.25, 0.3) is 0 Å². The molecular weight excluding hydrogens is 333 g/mol. The number of hydrogen-bond acceptors (Lipinski definition) is 2. The van der Waals surface area contributed by atoms with E-state index in [-0.39, 0.29) is 11.8 Å². The summed E-state index contributed by atoms with van der Waals surface area (Å²) in [7, 11) is 1.77. The van der Waals surface area contributed by atoms with Gasteiger partial charge in [-0.3, -0.25) is 4.79 Å². The normalized spacial score (nSPS) is 28.4. The molecule has 1 saturated heterocycles. The Bertz CT molecular complexity index is 550. The molecule has 1 aliphatic carbocycles. The standard InChI is InChI=1S/C18H23Cl2NO2/c1-23-14-7-5-13(6-8-14)21-10-9-12(18(21)22)11-15-16(19)3-2-4-17(15)20/h2-4,12-14H,5-11H2,1H3. The number of methoxy groups -OCH3 is 1. The van der Waals surface area contributed by atoms with Crippen molar-refractivity contribution in [3.05, 3.63) is 33.8 Å². The summed E-state index contributed by atoms with van der Waals surface area (Å²) in [6.07, 6.45) is 6.08. The van der Waals surface area contributed by atoms with Crippen molar-refractivity contribution in [2.24, 2.45) is 5.92 Å². The number of carbonyl (C=O) groups excluding carboxylic acids is 1. The zero-order valence-corrected chi connectivity index (χ0v) is 14.9. The van der Waals surface area contributed by atoms with E-state index < -0.39 is 0 Å². The second kappa shape index (κ2) is 7.42. The van der Waals surface area contributed by atoms with E-state index in [4.69, 9.17) is 27.9 Å². The maximum Gasteiger partial charge on any atom is 0.226 e. The third-order valence-corrected chi connectivity index (χ3v) is 5.99. The summed E-state index contributed by atoms with van der Waals surface area (Å²) in [5, 5.41) is 1.31. The lowest BCUT2D eigenvalue weighted by atomic mass is 9.91. The largest absolute Gasteiger partial charge is 0.381 e. The van der Waals surface area contributed by atoms with Crippen LogP contribution < -0.4 is 0 Å². The maximum absolute atomic E-state index is 12.8. The van der Waals surface area contributed by atoms with Crippen LogP contribution in [-0.2, 0) is 16.0 Å². The summed E-state index contributed by atoms with van der Waals surface area (Å²) in [6, 6.07) is 5.89. The predicted octanol–water partition coefficient (Wildman–Crippen LogP) is 4.34. The molecule has 0 bridgehead atoms. The molecule has 1 atom stereocenters. The molecule has 0 aromatic heterocycles. The number of rotatable bonds is 4. The Morgan fingerprint density at radius 1 is 1.13 bits per heavy atom. The van der Waals surface area contributed by atoms with E-state index in [2.05, 4.69) is 4.90 Å². The van der Waals surface area contributed by atoms with Gasteiger partial charge in [-0.2, -0.15) is 0 Å². The fourth-order valence-electron chi connectivity index (χ4n) is 3.88. The van der Waals surface area contributed by atoms with E-state index >= 15 is 0 Å². The lowest BCUT2D eigenvalue weighted by Gasteiger charge is -2.34. The van der Waals surface area contributed by atoms with Gasteiger partial charge in [-0.25, -0.2) is 0 Å². The Balaban J connectivity index is 1.63. The van der Waals surface area contributed by atoms with Gasteiger partial charge in [0, 0.05) is 35.7 Å². The van der Waals surface area contributed by atoms with Crippen LogP contribution in [0.15, 0.2) is 18.2 Å². The van der Waals surface area contributed by atoms with Crippen molar-refractivity contribution in [2.45, 2.75) is 50.7 Å². The lowest BCUT2D eigenvalue weighted by molar-refractivity contribution is -0.134. The third-order valence-electron chi connectivity index (χ3n) is 5.28. The summed E-state index contributed by atoms with van der Waals surface area (Å²) >= 11 is 12.5. The van der Waals surface area contributed by atoms with E-state index in [0.717, 1.165) is 44.2 Å². The SMILES string of the molecule is COC1CCC(N2CCC(Cc3c(Cl)cccc3Cl)C2=O)CC1. The number of halogens is 2. The monoisotopic (exact) mass is 355 g/mol. The molecule has 3 nitrogen and oxygen atoms in total. The van der Waals surface area contributed by atoms with Crippen molar-refractivity contribution in [3.63, 3.8) is 0 Å². The molecule has 23 heavy (non-hydrogen) atoms. The number of amides is 1. The highest BCUT2D eigenvalue weighted by Crippen LogP contribution is 2.34. The van der Waals surface area contributed by atoms with Crippen molar-refractivity contribution < 1.29 is 9.53 Å². The minimum atomic E-state index is 0.00699. The lowest BCUT2D eigenvalue weighted by Crippen LogP contribution is -2.41. The summed E-state index contributed by atoms with van der Waals surface area (Å²) in [5.74, 6) is 0.273. The van der Waals surface area contributed by atoms with E-state index in [1.165, 1.54) is 0 Å². The highest BCUT2D eigenvalue weighted by molar-refractivity contribution is 6.36. The van der Waals surface area contributed by atoms with E-state index in [1.54, 1.807) is 7.11 Å². The van der Waals surface area contributed by atoms with Gasteiger partial charge >= 0.3 is 0 Å². The van der Waals surface area contributed by atoms with Crippen molar-refractivity contribution >= 4 is 29.1 Å². The topological polar surface area (TPSA) is 29.5 Å². The van der Waals surface area contributed by atoms with Crippen molar-refractivity contribution in [2.75, 3.05) is 13.7 Å². The van der Waals surface area contributed by atoms with Crippen LogP contribution in [0.25, 0.3) is 0 Å². The number of hydrogen-bond donors (Lipinski definition) is 0. The van der Waals surface area contributed by atoms with Crippen LogP contribution in [0.5, 0.6) is 0 Å². The third kappa shape index (κ3) is 3.67. The van der Waals surface area contributed by atoms with E-state index in [0.29, 0.717) is 28.6 Å². The van der Waals surface area contributed by atoms with Crippen molar-refractivity contribution in [3.8, 4) is 0 Å². The molecule has 1 aliphatic heterocycles. The van der Waals surface area contributed by atoms with Gasteiger partial charge < -0.3 is 9.64 Å². The molecule has 0 spiro atoms. The van der Waals surface area contributed by atoms with Crippen LogP contribution in [0.3, 0.4) is 0 Å². The molecule has 0 radical (unpaired) electrons. The van der Waals surface area contributed by atoms with Crippen LogP contribution in [0, 0.1) is 5.92 Å². The number of carbonyl (C=O) groups is 1. The van der Waals surface area contributed by atoms with Crippen LogP contribution in [-0.4, -0.2) is 36.6 Å². The summed E-state index contributed by atoms with van der Waals surface area (Å²) < 4.78 is 5.42. The first-order valence-electron chi connectivity index (χ1n) is 8.36. The molecule has 2 fully saturated rings. The van der Waals surface area contributed by atoms with Crippen LogP contribution in [0.1, 0.15) is 37.7 Å². The highest BCUT2D eigenvalue weighted by atomic mass is 35.5. The molecule has 3 rings (SSSR count). The Morgan fingerprint density at radius 2 is 1.78 bits per heavy atom. The van der Waals surface area contributed by atoms with Gasteiger partial charge in [0.2, 0.25) is 5.91 Å². The minimum absolute atomic E-state index is 0.00699. The Hall–Kier alpha value is -0.770. The van der Waals surface area contributed by atoms with Crippen molar-refractivity contribution in [1.82, 2.24) is 4.90 Å². The fourth-order valence-corrected chi connectivity index (χ4v) is 4.43. The zero-order valence-electron chi connectivity index (χ0n) is 13.4. The Morgan fingerprint density at radius 3 is 2.39 bits per heavy atom. The fraction of sp³-hybridized carbons (Fsp3) is 0.611. The van der Waals surface area contributed by atoms with Crippen molar-refractivity contribution in [1.29, 1.82) is 0 Å². The smallest absolute Gasteiger partial charge is 0.226 e. The number of benzene rings is 1. The second-order valence-electron chi connectivity index (χ2n) is 6.59. The number of nitrogens with zero attached hydrogens (tertiary/aromatic N) is 1. The number of ether oxygens (including phenoxy) is 1. The van der Waals surface area contributed by atoms with E-state index in [9.17, 15) is 4.79 Å². The van der Waals surface area contributed by atoms with Gasteiger partial charge in [-0.05, 0) is 56.2 Å². The Kier molecular flexibility index (Phi) is 5.50. The van der Waals surface area contributed by atoms with Crippen LogP contribution in [0.4, 0.5) is 0 Å². The summed E-state index contributed by atoms with van der Waals surface area (Å²) in [6.45, 7) is 0.855. The summed E-state index contributed by atoms with van der Waals surface area (Å²) in [5.41, 5.74) is 0.902. The first kappa shape index (κ1) is 17.1. The molecule has 1 heterocycles. The highest BCUT2D eigenvalue weighted by Gasteiger charge is 2.37. The Labute approximate surface area is 147 Å². The summed E-state index contributed by atoms with van der Waals surface area (Å²) in [4.78, 5) is 14.9. The molecule has 1 unspecified atom stereocenters. The second-order valence-corrected chi connectivity index (χ2v) is 7.40. The molecule has 1 aromatic rings. The molecule has 1 aromatic carbocycles. The van der Waals surface area contributed by atoms with Gasteiger partial charge in [0.1, 0.15) is 0 Å². The number of likely N-dealkylation sites (tertiary alicyclic amines) is 1. The predicted molar refractivity (Wildman–Crippen MR) is 93.0 cm³/mol. The average molecular weight is 356 g/mol. The molecular formula is C18H23Cl2NO2. The molecule has 1 amide bonds. The van der Waals surface area contributed by atoms with Gasteiger partial charge in [0.15, 0.2) is 0 Å². The quantitative estimate of drug-likeness (QED) is 0.803. The van der Waals surface area contributed by atoms with Gasteiger partial charge in [-0.1, -0.05) is 29.3 Å². The van der Waals surface area contributed by atoms with Crippen LogP contribution in [0.2, 0.25) is 10.0 Å². The average Bonchev–Trinajstić information content (AvgIpc) is 2.92. The van der Waals surface area contributed by atoms with E-state index in [1.807, 2.05) is 18.2 Å². The minimum Gasteiger partial charge on any atom is -0.381 e. The first-order valence-corrected chi connectivity index (χ1v) is 9.12. The maximum atomic E-state index is 12.8. The molecule has 1 saturated carbocycles. The molecule has 5 heteroatoms. The zero-order chi connectivity index (χ0) is 16.4. The van der Waals surface area contributed by atoms with Gasteiger partial charge in [0.05, 0.1) is 6.10 Å². The molecule has 0 N–H and O–H groups in total. The van der Waals surface area contributed by atoms with Gasteiger partial charge in [-0.15, -0.1) is 0 Å².